The van der Waals surface area contributed by atoms with Crippen molar-refractivity contribution in [2.75, 3.05) is 19.1 Å². The average Bonchev–Trinajstić information content (AvgIpc) is 2.77. The molecule has 178 valence electrons. The van der Waals surface area contributed by atoms with Crippen LogP contribution in [0, 0.1) is 22.5 Å². The third kappa shape index (κ3) is 4.04. The first-order chi connectivity index (χ1) is 16.1. The Kier molecular flexibility index (Phi) is 5.93. The SMILES string of the molecule is COc1ccc(C2CC(=O)N(c3ccc(C)cc3[N+](=O)[O-])C3=C2C(=O)CC(C)(C)C3)c(OC)c1. The van der Waals surface area contributed by atoms with Gasteiger partial charge in [0.05, 0.1) is 19.1 Å². The molecule has 8 nitrogen and oxygen atoms in total. The zero-order chi connectivity index (χ0) is 24.8. The topological polar surface area (TPSA) is 99.0 Å². The molecule has 0 fully saturated rings. The molecule has 0 saturated heterocycles. The molecule has 0 bridgehead atoms. The quantitative estimate of drug-likeness (QED) is 0.452. The highest BCUT2D eigenvalue weighted by Gasteiger charge is 2.46. The monoisotopic (exact) mass is 464 g/mol. The van der Waals surface area contributed by atoms with Gasteiger partial charge in [0.15, 0.2) is 5.78 Å². The molecule has 2 aromatic carbocycles. The number of nitro groups is 1. The zero-order valence-corrected chi connectivity index (χ0v) is 20.0. The molecule has 4 rings (SSSR count). The van der Waals surface area contributed by atoms with Gasteiger partial charge in [-0.1, -0.05) is 26.0 Å². The molecule has 0 aromatic heterocycles. The molecule has 0 saturated carbocycles. The molecule has 1 unspecified atom stereocenters. The summed E-state index contributed by atoms with van der Waals surface area (Å²) in [7, 11) is 3.09. The lowest BCUT2D eigenvalue weighted by atomic mass is 9.69. The molecule has 1 amide bonds. The Morgan fingerprint density at radius 1 is 1.06 bits per heavy atom. The lowest BCUT2D eigenvalue weighted by Gasteiger charge is -2.42. The fraction of sp³-hybridized carbons (Fsp3) is 0.385. The second kappa shape index (κ2) is 8.59. The van der Waals surface area contributed by atoms with Crippen LogP contribution in [-0.2, 0) is 9.59 Å². The van der Waals surface area contributed by atoms with E-state index in [-0.39, 0.29) is 34.9 Å². The van der Waals surface area contributed by atoms with E-state index in [9.17, 15) is 19.7 Å². The van der Waals surface area contributed by atoms with Crippen molar-refractivity contribution < 1.29 is 24.0 Å². The molecule has 1 aliphatic carbocycles. The summed E-state index contributed by atoms with van der Waals surface area (Å²) in [5.74, 6) is 0.273. The first-order valence-corrected chi connectivity index (χ1v) is 11.1. The summed E-state index contributed by atoms with van der Waals surface area (Å²) in [6.07, 6.45) is 0.775. The minimum Gasteiger partial charge on any atom is -0.497 e. The van der Waals surface area contributed by atoms with Gasteiger partial charge in [0, 0.05) is 47.7 Å². The number of anilines is 1. The van der Waals surface area contributed by atoms with Crippen LogP contribution in [0.3, 0.4) is 0 Å². The van der Waals surface area contributed by atoms with Crippen LogP contribution >= 0.6 is 0 Å². The fourth-order valence-electron chi connectivity index (χ4n) is 5.04. The van der Waals surface area contributed by atoms with Crippen molar-refractivity contribution in [3.8, 4) is 11.5 Å². The minimum atomic E-state index is -0.507. The summed E-state index contributed by atoms with van der Waals surface area (Å²) in [6.45, 7) is 5.70. The number of nitro benzene ring substituents is 1. The van der Waals surface area contributed by atoms with Crippen LogP contribution < -0.4 is 14.4 Å². The molecular formula is C26H28N2O6. The standard InChI is InChI=1S/C26H28N2O6/c1-15-6-9-19(20(10-15)28(31)32)27-21-13-26(2,3)14-22(29)25(21)18(12-24(27)30)17-8-7-16(33-4)11-23(17)34-5/h6-11,18H,12-14H2,1-5H3. The summed E-state index contributed by atoms with van der Waals surface area (Å²) in [6, 6.07) is 10.1. The maximum atomic E-state index is 13.6. The lowest BCUT2D eigenvalue weighted by Crippen LogP contribution is -2.44. The van der Waals surface area contributed by atoms with E-state index in [0.717, 1.165) is 11.1 Å². The number of Topliss-reactive ketones (excluding diaryl/α,β-unsaturated/α-hetero) is 1. The van der Waals surface area contributed by atoms with Crippen LogP contribution in [0.2, 0.25) is 0 Å². The predicted molar refractivity (Wildman–Crippen MR) is 127 cm³/mol. The molecule has 8 heteroatoms. The molecule has 2 aliphatic rings. The Balaban J connectivity index is 1.96. The molecule has 1 atom stereocenters. The molecule has 0 spiro atoms. The summed E-state index contributed by atoms with van der Waals surface area (Å²) < 4.78 is 10.9. The average molecular weight is 465 g/mol. The van der Waals surface area contributed by atoms with Crippen molar-refractivity contribution in [2.45, 2.75) is 46.0 Å². The van der Waals surface area contributed by atoms with E-state index in [1.807, 2.05) is 19.9 Å². The third-order valence-electron chi connectivity index (χ3n) is 6.53. The normalized spacial score (nSPS) is 19.7. The number of ether oxygens (including phenoxy) is 2. The maximum absolute atomic E-state index is 13.6. The van der Waals surface area contributed by atoms with Crippen LogP contribution in [-0.4, -0.2) is 30.8 Å². The van der Waals surface area contributed by atoms with E-state index in [1.165, 1.54) is 18.1 Å². The fourth-order valence-corrected chi connectivity index (χ4v) is 5.04. The molecular weight excluding hydrogens is 436 g/mol. The van der Waals surface area contributed by atoms with Crippen molar-refractivity contribution in [1.82, 2.24) is 0 Å². The van der Waals surface area contributed by atoms with Crippen LogP contribution in [0.1, 0.15) is 50.2 Å². The Bertz CT molecular complexity index is 1230. The van der Waals surface area contributed by atoms with E-state index in [0.29, 0.717) is 35.6 Å². The molecule has 0 N–H and O–H groups in total. The number of amides is 1. The van der Waals surface area contributed by atoms with E-state index in [1.54, 1.807) is 38.3 Å². The minimum absolute atomic E-state index is 0.00127. The lowest BCUT2D eigenvalue weighted by molar-refractivity contribution is -0.384. The number of benzene rings is 2. The van der Waals surface area contributed by atoms with Crippen molar-refractivity contribution >= 4 is 23.1 Å². The molecule has 34 heavy (non-hydrogen) atoms. The second-order valence-electron chi connectivity index (χ2n) is 9.64. The molecule has 2 aromatic rings. The summed E-state index contributed by atoms with van der Waals surface area (Å²) in [5, 5.41) is 11.9. The number of carbonyl (C=O) groups is 2. The van der Waals surface area contributed by atoms with Gasteiger partial charge in [-0.05, 0) is 36.5 Å². The van der Waals surface area contributed by atoms with E-state index in [4.69, 9.17) is 9.47 Å². The predicted octanol–water partition coefficient (Wildman–Crippen LogP) is 5.08. The van der Waals surface area contributed by atoms with Gasteiger partial charge in [-0.15, -0.1) is 0 Å². The van der Waals surface area contributed by atoms with Crippen molar-refractivity contribution in [3.05, 3.63) is 68.9 Å². The van der Waals surface area contributed by atoms with E-state index < -0.39 is 10.8 Å². The first-order valence-electron chi connectivity index (χ1n) is 11.1. The second-order valence-corrected chi connectivity index (χ2v) is 9.64. The Hall–Kier alpha value is -3.68. The smallest absolute Gasteiger partial charge is 0.293 e. The highest BCUT2D eigenvalue weighted by molar-refractivity contribution is 6.08. The van der Waals surface area contributed by atoms with Gasteiger partial charge in [-0.2, -0.15) is 0 Å². The number of ketones is 1. The van der Waals surface area contributed by atoms with Crippen LogP contribution in [0.5, 0.6) is 11.5 Å². The molecule has 1 aliphatic heterocycles. The number of nitrogens with zero attached hydrogens (tertiary/aromatic N) is 2. The van der Waals surface area contributed by atoms with Crippen molar-refractivity contribution in [1.29, 1.82) is 0 Å². The Morgan fingerprint density at radius 3 is 2.44 bits per heavy atom. The molecule has 1 heterocycles. The van der Waals surface area contributed by atoms with E-state index in [2.05, 4.69) is 0 Å². The summed E-state index contributed by atoms with van der Waals surface area (Å²) in [5.41, 5.74) is 2.14. The van der Waals surface area contributed by atoms with Crippen LogP contribution in [0.15, 0.2) is 47.7 Å². The number of hydrogen-bond donors (Lipinski definition) is 0. The highest BCUT2D eigenvalue weighted by atomic mass is 16.6. The largest absolute Gasteiger partial charge is 0.497 e. The third-order valence-corrected chi connectivity index (χ3v) is 6.53. The Morgan fingerprint density at radius 2 is 1.79 bits per heavy atom. The maximum Gasteiger partial charge on any atom is 0.293 e. The van der Waals surface area contributed by atoms with Gasteiger partial charge in [0.2, 0.25) is 5.91 Å². The highest BCUT2D eigenvalue weighted by Crippen LogP contribution is 2.50. The number of methoxy groups -OCH3 is 2. The number of hydrogen-bond acceptors (Lipinski definition) is 6. The van der Waals surface area contributed by atoms with E-state index >= 15 is 0 Å². The zero-order valence-electron chi connectivity index (χ0n) is 20.0. The molecule has 0 radical (unpaired) electrons. The first kappa shape index (κ1) is 23.5. The number of carbonyl (C=O) groups excluding carboxylic acids is 2. The van der Waals surface area contributed by atoms with Crippen molar-refractivity contribution in [2.24, 2.45) is 5.41 Å². The summed E-state index contributed by atoms with van der Waals surface area (Å²) >= 11 is 0. The van der Waals surface area contributed by atoms with Crippen molar-refractivity contribution in [3.63, 3.8) is 0 Å². The van der Waals surface area contributed by atoms with Gasteiger partial charge in [0.1, 0.15) is 17.2 Å². The van der Waals surface area contributed by atoms with Gasteiger partial charge in [0.25, 0.3) is 5.69 Å². The van der Waals surface area contributed by atoms with Gasteiger partial charge in [-0.25, -0.2) is 0 Å². The number of allylic oxidation sites excluding steroid dienone is 2. The van der Waals surface area contributed by atoms with Gasteiger partial charge < -0.3 is 9.47 Å². The number of rotatable bonds is 5. The van der Waals surface area contributed by atoms with Gasteiger partial charge in [-0.3, -0.25) is 24.6 Å². The number of aryl methyl sites for hydroxylation is 1. The summed E-state index contributed by atoms with van der Waals surface area (Å²) in [4.78, 5) is 39.9. The van der Waals surface area contributed by atoms with Crippen LogP contribution in [0.4, 0.5) is 11.4 Å². The van der Waals surface area contributed by atoms with Crippen LogP contribution in [0.25, 0.3) is 0 Å². The Labute approximate surface area is 198 Å². The van der Waals surface area contributed by atoms with Gasteiger partial charge >= 0.3 is 0 Å².